The van der Waals surface area contributed by atoms with E-state index >= 15 is 0 Å². The molecule has 2 N–H and O–H groups in total. The van der Waals surface area contributed by atoms with Crippen molar-refractivity contribution in [1.29, 1.82) is 0 Å². The topological polar surface area (TPSA) is 42.5 Å². The van der Waals surface area contributed by atoms with Crippen LogP contribution < -0.4 is 20.1 Å². The number of hydrogen-bond donors (Lipinski definition) is 2. The van der Waals surface area contributed by atoms with Crippen molar-refractivity contribution in [3.8, 4) is 11.5 Å². The molecule has 0 bridgehead atoms. The van der Waals surface area contributed by atoms with E-state index in [1.807, 2.05) is 0 Å². The molecule has 0 saturated carbocycles. The van der Waals surface area contributed by atoms with E-state index in [4.69, 9.17) is 9.47 Å². The average Bonchev–Trinajstić information content (AvgIpc) is 3.26. The maximum Gasteiger partial charge on any atom is 0.226 e. The van der Waals surface area contributed by atoms with Crippen LogP contribution in [0.25, 0.3) is 0 Å². The summed E-state index contributed by atoms with van der Waals surface area (Å²) in [6.07, 6.45) is 1.66. The van der Waals surface area contributed by atoms with E-state index in [1.165, 1.54) is 11.1 Å². The number of ether oxygens (including phenoxy) is 2. The summed E-state index contributed by atoms with van der Waals surface area (Å²) in [5.41, 5.74) is 5.43. The lowest BCUT2D eigenvalue weighted by Gasteiger charge is -2.33. The maximum atomic E-state index is 6.26. The first-order chi connectivity index (χ1) is 15.5. The number of anilines is 2. The van der Waals surface area contributed by atoms with Gasteiger partial charge in [-0.05, 0) is 69.9 Å². The molecule has 2 aliphatic heterocycles. The van der Waals surface area contributed by atoms with Gasteiger partial charge < -0.3 is 20.1 Å². The Bertz CT molecular complexity index is 971. The molecule has 0 unspecified atom stereocenters. The van der Waals surface area contributed by atoms with Crippen LogP contribution in [0.1, 0.15) is 93.2 Å². The van der Waals surface area contributed by atoms with Gasteiger partial charge in [0.15, 0.2) is 0 Å². The third kappa shape index (κ3) is 5.31. The highest BCUT2D eigenvalue weighted by Gasteiger charge is 2.38. The standard InChI is InChI=1S/C30H44N2O2/c1-27(2,3)17-29(7,8)19-11-13-23-21(15-19)31-25(33-23)26-32-22-16-20(12-14-24(22)34-26)30(9,10)18-28(4,5)6/h11-16,25-26,31-32H,17-18H2,1-10H3/t25-,26-/m0/s1. The highest BCUT2D eigenvalue weighted by atomic mass is 16.6. The lowest BCUT2D eigenvalue weighted by Crippen LogP contribution is -2.41. The maximum absolute atomic E-state index is 6.26. The summed E-state index contributed by atoms with van der Waals surface area (Å²) < 4.78 is 12.5. The van der Waals surface area contributed by atoms with Gasteiger partial charge in [-0.3, -0.25) is 0 Å². The largest absolute Gasteiger partial charge is 0.462 e. The van der Waals surface area contributed by atoms with Crippen LogP contribution in [0.15, 0.2) is 36.4 Å². The molecule has 0 radical (unpaired) electrons. The average molecular weight is 465 g/mol. The number of hydrogen-bond acceptors (Lipinski definition) is 4. The molecule has 2 atom stereocenters. The molecular formula is C30H44N2O2. The molecule has 186 valence electrons. The minimum Gasteiger partial charge on any atom is -0.462 e. The molecule has 0 fully saturated rings. The lowest BCUT2D eigenvalue weighted by atomic mass is 9.72. The molecule has 0 aromatic heterocycles. The van der Waals surface area contributed by atoms with Crippen molar-refractivity contribution in [2.75, 3.05) is 10.6 Å². The molecular weight excluding hydrogens is 420 g/mol. The first kappa shape index (κ1) is 24.8. The number of fused-ring (bicyclic) bond motifs is 2. The summed E-state index contributed by atoms with van der Waals surface area (Å²) in [5.74, 6) is 1.77. The first-order valence-electron chi connectivity index (χ1n) is 12.7. The fourth-order valence-electron chi connectivity index (χ4n) is 6.10. The van der Waals surface area contributed by atoms with Crippen molar-refractivity contribution in [3.05, 3.63) is 47.5 Å². The van der Waals surface area contributed by atoms with Gasteiger partial charge in [-0.1, -0.05) is 81.4 Å². The third-order valence-corrected chi connectivity index (χ3v) is 6.84. The molecule has 0 aliphatic carbocycles. The second-order valence-electron chi connectivity index (χ2n) is 14.0. The summed E-state index contributed by atoms with van der Waals surface area (Å²) in [6, 6.07) is 13.1. The minimum atomic E-state index is -0.283. The van der Waals surface area contributed by atoms with Gasteiger partial charge in [0.2, 0.25) is 12.5 Å². The van der Waals surface area contributed by atoms with Crippen molar-refractivity contribution in [1.82, 2.24) is 0 Å². The second kappa shape index (κ2) is 8.10. The molecule has 2 aromatic carbocycles. The molecule has 4 rings (SSSR count). The van der Waals surface area contributed by atoms with Crippen LogP contribution in [0.5, 0.6) is 11.5 Å². The van der Waals surface area contributed by atoms with Gasteiger partial charge in [-0.15, -0.1) is 0 Å². The van der Waals surface area contributed by atoms with Crippen molar-refractivity contribution in [3.63, 3.8) is 0 Å². The van der Waals surface area contributed by atoms with E-state index in [-0.39, 0.29) is 34.1 Å². The molecule has 2 aliphatic rings. The number of nitrogens with one attached hydrogen (secondary N) is 2. The van der Waals surface area contributed by atoms with E-state index < -0.39 is 0 Å². The van der Waals surface area contributed by atoms with Crippen LogP contribution in [0.4, 0.5) is 11.4 Å². The Labute approximate surface area is 206 Å². The van der Waals surface area contributed by atoms with Crippen LogP contribution in [0.3, 0.4) is 0 Å². The van der Waals surface area contributed by atoms with E-state index in [2.05, 4.69) is 116 Å². The zero-order valence-corrected chi connectivity index (χ0v) is 22.8. The molecule has 0 spiro atoms. The van der Waals surface area contributed by atoms with Gasteiger partial charge in [-0.25, -0.2) is 0 Å². The minimum absolute atomic E-state index is 0.0850. The summed E-state index contributed by atoms with van der Waals surface area (Å²) in [6.45, 7) is 23.1. The van der Waals surface area contributed by atoms with Gasteiger partial charge in [0.1, 0.15) is 11.5 Å². The fourth-order valence-corrected chi connectivity index (χ4v) is 6.10. The zero-order valence-electron chi connectivity index (χ0n) is 22.8. The summed E-state index contributed by atoms with van der Waals surface area (Å²) in [7, 11) is 0. The monoisotopic (exact) mass is 464 g/mol. The van der Waals surface area contributed by atoms with Gasteiger partial charge in [-0.2, -0.15) is 0 Å². The molecule has 4 heteroatoms. The van der Waals surface area contributed by atoms with Crippen molar-refractivity contribution >= 4 is 11.4 Å². The quantitative estimate of drug-likeness (QED) is 0.469. The van der Waals surface area contributed by atoms with Gasteiger partial charge in [0, 0.05) is 0 Å². The van der Waals surface area contributed by atoms with E-state index in [9.17, 15) is 0 Å². The van der Waals surface area contributed by atoms with Crippen molar-refractivity contribution in [2.45, 2.75) is 105 Å². The number of rotatable bonds is 5. The van der Waals surface area contributed by atoms with Gasteiger partial charge >= 0.3 is 0 Å². The van der Waals surface area contributed by atoms with Crippen LogP contribution >= 0.6 is 0 Å². The summed E-state index contributed by atoms with van der Waals surface area (Å²) >= 11 is 0. The van der Waals surface area contributed by atoms with E-state index in [1.54, 1.807) is 0 Å². The van der Waals surface area contributed by atoms with Crippen LogP contribution in [-0.4, -0.2) is 12.5 Å². The highest BCUT2D eigenvalue weighted by molar-refractivity contribution is 5.66. The molecule has 0 saturated heterocycles. The van der Waals surface area contributed by atoms with Crippen molar-refractivity contribution in [2.24, 2.45) is 10.8 Å². The predicted octanol–water partition coefficient (Wildman–Crippen LogP) is 8.08. The second-order valence-corrected chi connectivity index (χ2v) is 14.0. The Morgan fingerprint density at radius 1 is 0.588 bits per heavy atom. The Morgan fingerprint density at radius 3 is 1.26 bits per heavy atom. The van der Waals surface area contributed by atoms with Gasteiger partial charge in [0.05, 0.1) is 11.4 Å². The molecule has 4 nitrogen and oxygen atoms in total. The smallest absolute Gasteiger partial charge is 0.226 e. The molecule has 2 heterocycles. The third-order valence-electron chi connectivity index (χ3n) is 6.84. The lowest BCUT2D eigenvalue weighted by molar-refractivity contribution is 0.113. The first-order valence-corrected chi connectivity index (χ1v) is 12.7. The predicted molar refractivity (Wildman–Crippen MR) is 143 cm³/mol. The fraction of sp³-hybridized carbons (Fsp3) is 0.600. The SMILES string of the molecule is CC(C)(C)CC(C)(C)c1ccc2c(c1)N[C@H]([C@H]1Nc3cc(C(C)(C)CC(C)(C)C)ccc3O1)O2. The Kier molecular flexibility index (Phi) is 5.90. The zero-order chi connectivity index (χ0) is 25.1. The molecule has 2 aromatic rings. The highest BCUT2D eigenvalue weighted by Crippen LogP contribution is 2.44. The normalized spacial score (nSPS) is 20.1. The summed E-state index contributed by atoms with van der Waals surface area (Å²) in [5, 5.41) is 7.11. The van der Waals surface area contributed by atoms with Crippen LogP contribution in [0, 0.1) is 10.8 Å². The molecule has 0 amide bonds. The Morgan fingerprint density at radius 2 is 0.941 bits per heavy atom. The van der Waals surface area contributed by atoms with Crippen molar-refractivity contribution < 1.29 is 9.47 Å². The Hall–Kier alpha value is -2.36. The van der Waals surface area contributed by atoms with Gasteiger partial charge in [0.25, 0.3) is 0 Å². The molecule has 34 heavy (non-hydrogen) atoms. The Balaban J connectivity index is 1.47. The number of benzene rings is 2. The summed E-state index contributed by atoms with van der Waals surface area (Å²) in [4.78, 5) is 0. The van der Waals surface area contributed by atoms with Crippen LogP contribution in [0.2, 0.25) is 0 Å². The van der Waals surface area contributed by atoms with E-state index in [0.717, 1.165) is 35.7 Å². The van der Waals surface area contributed by atoms with E-state index in [0.29, 0.717) is 0 Å². The van der Waals surface area contributed by atoms with Crippen LogP contribution in [-0.2, 0) is 10.8 Å².